The van der Waals surface area contributed by atoms with Gasteiger partial charge in [0.05, 0.1) is 19.8 Å². The number of carbonyl (C=O) groups excluding carboxylic acids is 1. The van der Waals surface area contributed by atoms with Crippen LogP contribution in [0.25, 0.3) is 0 Å². The lowest BCUT2D eigenvalue weighted by atomic mass is 10.2. The molecule has 0 saturated carbocycles. The van der Waals surface area contributed by atoms with Crippen LogP contribution in [0.3, 0.4) is 0 Å². The third kappa shape index (κ3) is 3.46. The van der Waals surface area contributed by atoms with Gasteiger partial charge in [0, 0.05) is 18.8 Å². The van der Waals surface area contributed by atoms with Crippen LogP contribution in [0.15, 0.2) is 24.3 Å². The molecule has 1 heterocycles. The fourth-order valence-electron chi connectivity index (χ4n) is 1.86. The number of morpholine rings is 1. The lowest BCUT2D eigenvalue weighted by Gasteiger charge is -2.27. The molecule has 1 aliphatic rings. The van der Waals surface area contributed by atoms with Gasteiger partial charge in [-0.2, -0.15) is 0 Å². The molecule has 1 N–H and O–H groups in total. The van der Waals surface area contributed by atoms with Gasteiger partial charge in [-0.15, -0.1) is 0 Å². The Labute approximate surface area is 102 Å². The van der Waals surface area contributed by atoms with Crippen molar-refractivity contribution in [1.29, 1.82) is 0 Å². The molecule has 0 aromatic heterocycles. The van der Waals surface area contributed by atoms with E-state index in [9.17, 15) is 4.79 Å². The molecule has 4 heteroatoms. The Morgan fingerprint density at radius 1 is 1.41 bits per heavy atom. The molecule has 1 saturated heterocycles. The van der Waals surface area contributed by atoms with Crippen LogP contribution in [-0.4, -0.2) is 43.7 Å². The van der Waals surface area contributed by atoms with Crippen molar-refractivity contribution in [1.82, 2.24) is 4.90 Å². The van der Waals surface area contributed by atoms with E-state index < -0.39 is 0 Å². The van der Waals surface area contributed by atoms with Gasteiger partial charge in [0.2, 0.25) is 5.91 Å². The average molecular weight is 234 g/mol. The van der Waals surface area contributed by atoms with Gasteiger partial charge in [0.25, 0.3) is 0 Å². The minimum absolute atomic E-state index is 0.134. The van der Waals surface area contributed by atoms with Gasteiger partial charge in [-0.25, -0.2) is 0 Å². The van der Waals surface area contributed by atoms with Gasteiger partial charge in [-0.3, -0.25) is 4.79 Å². The van der Waals surface area contributed by atoms with E-state index in [1.807, 2.05) is 36.1 Å². The molecule has 4 nitrogen and oxygen atoms in total. The standard InChI is InChI=1S/C13H18N2O2/c1-11-3-2-4-12(9-11)14-10-13(16)15-5-7-17-8-6-15/h2-4,9,14H,5-8,10H2,1H3. The third-order valence-corrected chi connectivity index (χ3v) is 2.83. The maximum Gasteiger partial charge on any atom is 0.242 e. The van der Waals surface area contributed by atoms with E-state index in [1.54, 1.807) is 0 Å². The minimum atomic E-state index is 0.134. The van der Waals surface area contributed by atoms with Gasteiger partial charge >= 0.3 is 0 Å². The van der Waals surface area contributed by atoms with Crippen molar-refractivity contribution in [2.75, 3.05) is 38.2 Å². The number of nitrogens with one attached hydrogen (secondary N) is 1. The van der Waals surface area contributed by atoms with Crippen LogP contribution in [0.1, 0.15) is 5.56 Å². The molecule has 0 radical (unpaired) electrons. The molecule has 2 rings (SSSR count). The summed E-state index contributed by atoms with van der Waals surface area (Å²) in [6.07, 6.45) is 0. The smallest absolute Gasteiger partial charge is 0.242 e. The molecular weight excluding hydrogens is 216 g/mol. The zero-order valence-electron chi connectivity index (χ0n) is 10.1. The van der Waals surface area contributed by atoms with Crippen LogP contribution >= 0.6 is 0 Å². The lowest BCUT2D eigenvalue weighted by Crippen LogP contribution is -2.43. The quantitative estimate of drug-likeness (QED) is 0.856. The predicted octanol–water partition coefficient (Wildman–Crippen LogP) is 1.27. The van der Waals surface area contributed by atoms with E-state index in [0.717, 1.165) is 5.69 Å². The predicted molar refractivity (Wildman–Crippen MR) is 67.1 cm³/mol. The first-order valence-corrected chi connectivity index (χ1v) is 5.92. The van der Waals surface area contributed by atoms with E-state index in [1.165, 1.54) is 5.56 Å². The fourth-order valence-corrected chi connectivity index (χ4v) is 1.86. The highest BCUT2D eigenvalue weighted by Gasteiger charge is 2.15. The summed E-state index contributed by atoms with van der Waals surface area (Å²) >= 11 is 0. The molecular formula is C13H18N2O2. The van der Waals surface area contributed by atoms with Crippen LogP contribution in [-0.2, 0) is 9.53 Å². The van der Waals surface area contributed by atoms with E-state index in [2.05, 4.69) is 5.32 Å². The van der Waals surface area contributed by atoms with E-state index >= 15 is 0 Å². The van der Waals surface area contributed by atoms with Crippen molar-refractivity contribution in [3.63, 3.8) is 0 Å². The summed E-state index contributed by atoms with van der Waals surface area (Å²) < 4.78 is 5.21. The van der Waals surface area contributed by atoms with Crippen LogP contribution in [0.5, 0.6) is 0 Å². The first-order valence-electron chi connectivity index (χ1n) is 5.92. The molecule has 1 fully saturated rings. The van der Waals surface area contributed by atoms with Crippen molar-refractivity contribution in [3.05, 3.63) is 29.8 Å². The summed E-state index contributed by atoms with van der Waals surface area (Å²) in [5, 5.41) is 3.15. The van der Waals surface area contributed by atoms with Crippen LogP contribution < -0.4 is 5.32 Å². The average Bonchev–Trinajstić information content (AvgIpc) is 2.37. The van der Waals surface area contributed by atoms with Gasteiger partial charge in [-0.05, 0) is 24.6 Å². The fraction of sp³-hybridized carbons (Fsp3) is 0.462. The Hall–Kier alpha value is -1.55. The van der Waals surface area contributed by atoms with Crippen molar-refractivity contribution >= 4 is 11.6 Å². The van der Waals surface area contributed by atoms with Crippen LogP contribution in [0, 0.1) is 6.92 Å². The SMILES string of the molecule is Cc1cccc(NCC(=O)N2CCOCC2)c1. The van der Waals surface area contributed by atoms with Crippen LogP contribution in [0.4, 0.5) is 5.69 Å². The summed E-state index contributed by atoms with van der Waals surface area (Å²) in [6, 6.07) is 8.03. The number of amides is 1. The normalized spacial score (nSPS) is 15.7. The number of hydrogen-bond acceptors (Lipinski definition) is 3. The first kappa shape index (κ1) is 11.9. The summed E-state index contributed by atoms with van der Waals surface area (Å²) in [5.74, 6) is 0.134. The summed E-state index contributed by atoms with van der Waals surface area (Å²) in [7, 11) is 0. The van der Waals surface area contributed by atoms with Crippen molar-refractivity contribution in [3.8, 4) is 0 Å². The molecule has 1 aromatic rings. The number of hydrogen-bond donors (Lipinski definition) is 1. The molecule has 0 atom stereocenters. The first-order chi connectivity index (χ1) is 8.25. The molecule has 1 aromatic carbocycles. The van der Waals surface area contributed by atoms with Crippen molar-refractivity contribution in [2.45, 2.75) is 6.92 Å². The maximum atomic E-state index is 11.9. The molecule has 0 aliphatic carbocycles. The second-order valence-corrected chi connectivity index (χ2v) is 4.22. The zero-order chi connectivity index (χ0) is 12.1. The Kier molecular flexibility index (Phi) is 3.98. The highest BCUT2D eigenvalue weighted by molar-refractivity contribution is 5.81. The highest BCUT2D eigenvalue weighted by atomic mass is 16.5. The number of benzene rings is 1. The molecule has 0 unspecified atom stereocenters. The van der Waals surface area contributed by atoms with E-state index in [-0.39, 0.29) is 5.91 Å². The second kappa shape index (κ2) is 5.68. The Morgan fingerprint density at radius 3 is 2.88 bits per heavy atom. The van der Waals surface area contributed by atoms with Crippen LogP contribution in [0.2, 0.25) is 0 Å². The minimum Gasteiger partial charge on any atom is -0.378 e. The second-order valence-electron chi connectivity index (χ2n) is 4.22. The highest BCUT2D eigenvalue weighted by Crippen LogP contribution is 2.09. The monoisotopic (exact) mass is 234 g/mol. The molecule has 17 heavy (non-hydrogen) atoms. The number of ether oxygens (including phenoxy) is 1. The summed E-state index contributed by atoms with van der Waals surface area (Å²) in [5.41, 5.74) is 2.18. The third-order valence-electron chi connectivity index (χ3n) is 2.83. The molecule has 1 aliphatic heterocycles. The summed E-state index contributed by atoms with van der Waals surface area (Å²) in [4.78, 5) is 13.7. The largest absolute Gasteiger partial charge is 0.378 e. The lowest BCUT2D eigenvalue weighted by molar-refractivity contribution is -0.133. The number of anilines is 1. The Morgan fingerprint density at radius 2 is 2.18 bits per heavy atom. The van der Waals surface area contributed by atoms with Gasteiger partial charge in [-0.1, -0.05) is 12.1 Å². The van der Waals surface area contributed by atoms with E-state index in [4.69, 9.17) is 4.74 Å². The molecule has 0 spiro atoms. The topological polar surface area (TPSA) is 41.6 Å². The summed E-state index contributed by atoms with van der Waals surface area (Å²) in [6.45, 7) is 5.09. The Balaban J connectivity index is 1.83. The van der Waals surface area contributed by atoms with Gasteiger partial charge in [0.1, 0.15) is 0 Å². The molecule has 92 valence electrons. The molecule has 0 bridgehead atoms. The van der Waals surface area contributed by atoms with Gasteiger partial charge in [0.15, 0.2) is 0 Å². The number of carbonyl (C=O) groups is 1. The van der Waals surface area contributed by atoms with Crippen molar-refractivity contribution < 1.29 is 9.53 Å². The van der Waals surface area contributed by atoms with Crippen molar-refractivity contribution in [2.24, 2.45) is 0 Å². The van der Waals surface area contributed by atoms with E-state index in [0.29, 0.717) is 32.8 Å². The Bertz CT molecular complexity index is 387. The molecule has 1 amide bonds. The van der Waals surface area contributed by atoms with Gasteiger partial charge < -0.3 is 15.0 Å². The number of aryl methyl sites for hydroxylation is 1. The zero-order valence-corrected chi connectivity index (χ0v) is 10.1. The maximum absolute atomic E-state index is 11.9. The number of rotatable bonds is 3. The number of nitrogens with zero attached hydrogens (tertiary/aromatic N) is 1.